The van der Waals surface area contributed by atoms with Gasteiger partial charge in [0.25, 0.3) is 0 Å². The zero-order valence-electron chi connectivity index (χ0n) is 8.83. The first-order valence-electron chi connectivity index (χ1n) is 5.74. The second kappa shape index (κ2) is 3.89. The molecule has 1 amide bonds. The van der Waals surface area contributed by atoms with Crippen molar-refractivity contribution in [2.24, 2.45) is 23.5 Å². The van der Waals surface area contributed by atoms with Crippen LogP contribution < -0.4 is 11.1 Å². The van der Waals surface area contributed by atoms with Crippen molar-refractivity contribution in [1.29, 1.82) is 0 Å². The number of hydrogen-bond donors (Lipinski definition) is 2. The molecule has 80 valence electrons. The summed E-state index contributed by atoms with van der Waals surface area (Å²) in [5.41, 5.74) is 5.74. The van der Waals surface area contributed by atoms with E-state index in [1.54, 1.807) is 0 Å². The molecule has 3 heteroatoms. The van der Waals surface area contributed by atoms with Crippen LogP contribution in [0, 0.1) is 17.8 Å². The molecule has 0 aromatic carbocycles. The molecule has 0 aromatic heterocycles. The van der Waals surface area contributed by atoms with Gasteiger partial charge < -0.3 is 11.1 Å². The molecule has 2 fully saturated rings. The van der Waals surface area contributed by atoms with Gasteiger partial charge in [0.1, 0.15) is 0 Å². The summed E-state index contributed by atoms with van der Waals surface area (Å²) < 4.78 is 0. The first-order valence-corrected chi connectivity index (χ1v) is 5.74. The van der Waals surface area contributed by atoms with Gasteiger partial charge in [-0.2, -0.15) is 0 Å². The standard InChI is InChI=1S/C11H20N2O/c1-2-10(12)6-13-11(14)9-4-7-3-8(7)5-9/h7-10H,2-6,12H2,1H3,(H,13,14). The topological polar surface area (TPSA) is 55.1 Å². The Balaban J connectivity index is 1.68. The van der Waals surface area contributed by atoms with Gasteiger partial charge >= 0.3 is 0 Å². The molecule has 3 atom stereocenters. The summed E-state index contributed by atoms with van der Waals surface area (Å²) in [4.78, 5) is 11.7. The van der Waals surface area contributed by atoms with Crippen molar-refractivity contribution in [3.8, 4) is 0 Å². The molecule has 0 aliphatic heterocycles. The van der Waals surface area contributed by atoms with Crippen molar-refractivity contribution in [2.45, 2.75) is 38.6 Å². The summed E-state index contributed by atoms with van der Waals surface area (Å²) in [5, 5.41) is 2.95. The fourth-order valence-corrected chi connectivity index (χ4v) is 2.45. The predicted octanol–water partition coefficient (Wildman–Crippen LogP) is 0.886. The highest BCUT2D eigenvalue weighted by Gasteiger charge is 2.47. The lowest BCUT2D eigenvalue weighted by Gasteiger charge is -2.14. The van der Waals surface area contributed by atoms with Crippen LogP contribution in [0.1, 0.15) is 32.6 Å². The van der Waals surface area contributed by atoms with E-state index in [0.717, 1.165) is 31.1 Å². The molecule has 2 saturated carbocycles. The molecule has 0 heterocycles. The van der Waals surface area contributed by atoms with Crippen LogP contribution in [0.15, 0.2) is 0 Å². The van der Waals surface area contributed by atoms with E-state index in [9.17, 15) is 4.79 Å². The van der Waals surface area contributed by atoms with E-state index in [-0.39, 0.29) is 11.9 Å². The highest BCUT2D eigenvalue weighted by molar-refractivity contribution is 5.79. The van der Waals surface area contributed by atoms with Crippen molar-refractivity contribution < 1.29 is 4.79 Å². The van der Waals surface area contributed by atoms with Crippen molar-refractivity contribution in [3.63, 3.8) is 0 Å². The molecule has 0 saturated heterocycles. The third-order valence-corrected chi connectivity index (χ3v) is 3.68. The van der Waals surface area contributed by atoms with Crippen molar-refractivity contribution in [3.05, 3.63) is 0 Å². The fraction of sp³-hybridized carbons (Fsp3) is 0.909. The average Bonchev–Trinajstić information content (AvgIpc) is 2.81. The van der Waals surface area contributed by atoms with Gasteiger partial charge in [-0.25, -0.2) is 0 Å². The Morgan fingerprint density at radius 1 is 1.43 bits per heavy atom. The van der Waals surface area contributed by atoms with E-state index in [4.69, 9.17) is 5.73 Å². The van der Waals surface area contributed by atoms with E-state index in [1.165, 1.54) is 6.42 Å². The van der Waals surface area contributed by atoms with Crippen LogP contribution >= 0.6 is 0 Å². The van der Waals surface area contributed by atoms with Gasteiger partial charge in [0, 0.05) is 18.5 Å². The Labute approximate surface area is 85.4 Å². The summed E-state index contributed by atoms with van der Waals surface area (Å²) in [6.45, 7) is 2.68. The molecule has 3 N–H and O–H groups in total. The maximum atomic E-state index is 11.7. The van der Waals surface area contributed by atoms with Crippen LogP contribution in [-0.2, 0) is 4.79 Å². The zero-order chi connectivity index (χ0) is 10.1. The van der Waals surface area contributed by atoms with Crippen LogP contribution in [0.5, 0.6) is 0 Å². The summed E-state index contributed by atoms with van der Waals surface area (Å²) in [7, 11) is 0. The number of hydrogen-bond acceptors (Lipinski definition) is 2. The average molecular weight is 196 g/mol. The lowest BCUT2D eigenvalue weighted by molar-refractivity contribution is -0.125. The van der Waals surface area contributed by atoms with Crippen LogP contribution in [-0.4, -0.2) is 18.5 Å². The number of carbonyl (C=O) groups excluding carboxylic acids is 1. The van der Waals surface area contributed by atoms with E-state index < -0.39 is 0 Å². The van der Waals surface area contributed by atoms with Gasteiger partial charge in [0.05, 0.1) is 0 Å². The minimum absolute atomic E-state index is 0.120. The Kier molecular flexibility index (Phi) is 2.77. The van der Waals surface area contributed by atoms with Crippen LogP contribution in [0.3, 0.4) is 0 Å². The second-order valence-electron chi connectivity index (χ2n) is 4.84. The summed E-state index contributed by atoms with van der Waals surface area (Å²) in [6.07, 6.45) is 4.55. The number of nitrogens with two attached hydrogens (primary N) is 1. The Hall–Kier alpha value is -0.570. The minimum atomic E-state index is 0.120. The molecular formula is C11H20N2O. The fourth-order valence-electron chi connectivity index (χ4n) is 2.45. The van der Waals surface area contributed by atoms with Crippen molar-refractivity contribution in [2.75, 3.05) is 6.54 Å². The molecule has 3 nitrogen and oxygen atoms in total. The van der Waals surface area contributed by atoms with Gasteiger partial charge in [0.15, 0.2) is 0 Å². The number of carbonyl (C=O) groups is 1. The monoisotopic (exact) mass is 196 g/mol. The first kappa shape index (κ1) is 9.97. The number of amides is 1. The number of fused-ring (bicyclic) bond motifs is 1. The van der Waals surface area contributed by atoms with Gasteiger partial charge in [-0.3, -0.25) is 4.79 Å². The van der Waals surface area contributed by atoms with Crippen LogP contribution in [0.4, 0.5) is 0 Å². The third kappa shape index (κ3) is 2.08. The molecule has 2 aliphatic rings. The van der Waals surface area contributed by atoms with E-state index in [1.807, 2.05) is 6.92 Å². The Morgan fingerprint density at radius 3 is 2.64 bits per heavy atom. The molecule has 2 rings (SSSR count). The molecule has 0 spiro atoms. The van der Waals surface area contributed by atoms with E-state index >= 15 is 0 Å². The number of nitrogens with one attached hydrogen (secondary N) is 1. The van der Waals surface area contributed by atoms with Gasteiger partial charge in [-0.05, 0) is 37.5 Å². The van der Waals surface area contributed by atoms with Crippen molar-refractivity contribution in [1.82, 2.24) is 5.32 Å². The van der Waals surface area contributed by atoms with Gasteiger partial charge in [-0.1, -0.05) is 6.92 Å². The smallest absolute Gasteiger partial charge is 0.223 e. The van der Waals surface area contributed by atoms with Crippen LogP contribution in [0.2, 0.25) is 0 Å². The zero-order valence-corrected chi connectivity index (χ0v) is 8.83. The van der Waals surface area contributed by atoms with Gasteiger partial charge in [-0.15, -0.1) is 0 Å². The molecule has 2 aliphatic carbocycles. The van der Waals surface area contributed by atoms with E-state index in [2.05, 4.69) is 5.32 Å². The highest BCUT2D eigenvalue weighted by atomic mass is 16.1. The maximum Gasteiger partial charge on any atom is 0.223 e. The second-order valence-corrected chi connectivity index (χ2v) is 4.84. The van der Waals surface area contributed by atoms with Crippen LogP contribution in [0.25, 0.3) is 0 Å². The lowest BCUT2D eigenvalue weighted by Crippen LogP contribution is -2.39. The third-order valence-electron chi connectivity index (χ3n) is 3.68. The van der Waals surface area contributed by atoms with Crippen molar-refractivity contribution >= 4 is 5.91 Å². The summed E-state index contributed by atoms with van der Waals surface area (Å²) >= 11 is 0. The first-order chi connectivity index (χ1) is 6.70. The molecule has 3 unspecified atom stereocenters. The minimum Gasteiger partial charge on any atom is -0.354 e. The summed E-state index contributed by atoms with van der Waals surface area (Å²) in [6, 6.07) is 0.120. The quantitative estimate of drug-likeness (QED) is 0.701. The largest absolute Gasteiger partial charge is 0.354 e. The molecule has 0 bridgehead atoms. The Morgan fingerprint density at radius 2 is 2.07 bits per heavy atom. The number of rotatable bonds is 4. The maximum absolute atomic E-state index is 11.7. The normalized spacial score (nSPS) is 36.3. The van der Waals surface area contributed by atoms with E-state index in [0.29, 0.717) is 12.5 Å². The SMILES string of the molecule is CCC(N)CNC(=O)C1CC2CC2C1. The molecule has 14 heavy (non-hydrogen) atoms. The molecule has 0 radical (unpaired) electrons. The lowest BCUT2D eigenvalue weighted by atomic mass is 10.0. The highest BCUT2D eigenvalue weighted by Crippen LogP contribution is 2.54. The molecular weight excluding hydrogens is 176 g/mol. The summed E-state index contributed by atoms with van der Waals surface area (Å²) in [5.74, 6) is 2.29. The molecule has 0 aromatic rings. The van der Waals surface area contributed by atoms with Gasteiger partial charge in [0.2, 0.25) is 5.91 Å². The predicted molar refractivity (Wildman–Crippen MR) is 55.6 cm³/mol. The Bertz CT molecular complexity index is 219.